The number of hydrogen-bond donors (Lipinski definition) is 0. The maximum atomic E-state index is 11.5. The molecule has 3 heteroatoms. The molecule has 14 heavy (non-hydrogen) atoms. The van der Waals surface area contributed by atoms with Crippen molar-refractivity contribution < 1.29 is 14.3 Å². The first-order valence-corrected chi connectivity index (χ1v) is 5.02. The molecular formula is C11H14O3. The lowest BCUT2D eigenvalue weighted by Crippen LogP contribution is -2.33. The predicted octanol–water partition coefficient (Wildman–Crippen LogP) is 1.62. The Balaban J connectivity index is 2.30. The Kier molecular flexibility index (Phi) is 2.17. The third-order valence-corrected chi connectivity index (χ3v) is 3.05. The van der Waals surface area contributed by atoms with Crippen molar-refractivity contribution in [2.24, 2.45) is 5.92 Å². The highest BCUT2D eigenvalue weighted by atomic mass is 16.5. The molecule has 1 aliphatic heterocycles. The molecule has 0 aromatic heterocycles. The molecule has 1 saturated carbocycles. The van der Waals surface area contributed by atoms with Gasteiger partial charge in [-0.1, -0.05) is 0 Å². The largest absolute Gasteiger partial charge is 0.486 e. The van der Waals surface area contributed by atoms with Gasteiger partial charge in [-0.3, -0.25) is 9.59 Å². The maximum absolute atomic E-state index is 11.5. The van der Waals surface area contributed by atoms with Crippen molar-refractivity contribution >= 4 is 11.6 Å². The third kappa shape index (κ3) is 1.27. The van der Waals surface area contributed by atoms with Gasteiger partial charge in [0, 0.05) is 17.9 Å². The van der Waals surface area contributed by atoms with Gasteiger partial charge in [0.25, 0.3) is 0 Å². The smallest absolute Gasteiger partial charge is 0.173 e. The third-order valence-electron chi connectivity index (χ3n) is 3.05. The molecule has 0 amide bonds. The summed E-state index contributed by atoms with van der Waals surface area (Å²) in [5.74, 6) is 0.887. The first-order chi connectivity index (χ1) is 6.61. The van der Waals surface area contributed by atoms with Gasteiger partial charge in [-0.15, -0.1) is 0 Å². The Morgan fingerprint density at radius 1 is 1.50 bits per heavy atom. The summed E-state index contributed by atoms with van der Waals surface area (Å²) in [5.41, 5.74) is 0.739. The van der Waals surface area contributed by atoms with E-state index in [9.17, 15) is 9.59 Å². The fraction of sp³-hybridized carbons (Fsp3) is 0.636. The van der Waals surface area contributed by atoms with E-state index in [4.69, 9.17) is 4.74 Å². The summed E-state index contributed by atoms with van der Waals surface area (Å²) in [5, 5.41) is 0. The van der Waals surface area contributed by atoms with Crippen LogP contribution < -0.4 is 0 Å². The van der Waals surface area contributed by atoms with Crippen LogP contribution in [0.3, 0.4) is 0 Å². The summed E-state index contributed by atoms with van der Waals surface area (Å²) in [7, 11) is 0. The van der Waals surface area contributed by atoms with E-state index in [1.807, 2.05) is 0 Å². The molecule has 2 aliphatic rings. The van der Waals surface area contributed by atoms with Crippen molar-refractivity contribution in [2.75, 3.05) is 0 Å². The monoisotopic (exact) mass is 194 g/mol. The van der Waals surface area contributed by atoms with Crippen molar-refractivity contribution in [2.45, 2.75) is 39.2 Å². The zero-order valence-corrected chi connectivity index (χ0v) is 8.50. The number of ketones is 2. The minimum absolute atomic E-state index is 0.0359. The summed E-state index contributed by atoms with van der Waals surface area (Å²) < 4.78 is 5.46. The van der Waals surface area contributed by atoms with Crippen LogP contribution in [0.15, 0.2) is 11.3 Å². The summed E-state index contributed by atoms with van der Waals surface area (Å²) in [6.07, 6.45) is 2.03. The number of ether oxygens (including phenoxy) is 1. The highest BCUT2D eigenvalue weighted by Gasteiger charge is 2.43. The van der Waals surface area contributed by atoms with E-state index < -0.39 is 0 Å². The molecule has 2 rings (SSSR count). The second-order valence-electron chi connectivity index (χ2n) is 4.03. The Bertz CT molecular complexity index is 327. The van der Waals surface area contributed by atoms with Gasteiger partial charge in [0.15, 0.2) is 17.7 Å². The van der Waals surface area contributed by atoms with Crippen molar-refractivity contribution in [3.63, 3.8) is 0 Å². The highest BCUT2D eigenvalue weighted by Crippen LogP contribution is 2.39. The van der Waals surface area contributed by atoms with Gasteiger partial charge in [0.1, 0.15) is 5.76 Å². The fourth-order valence-corrected chi connectivity index (χ4v) is 2.48. The average molecular weight is 194 g/mol. The number of hydrogen-bond acceptors (Lipinski definition) is 3. The van der Waals surface area contributed by atoms with E-state index in [1.54, 1.807) is 13.8 Å². The van der Waals surface area contributed by atoms with Crippen molar-refractivity contribution in [1.29, 1.82) is 0 Å². The summed E-state index contributed by atoms with van der Waals surface area (Å²) >= 11 is 0. The number of fused-ring (bicyclic) bond motifs is 1. The van der Waals surface area contributed by atoms with Crippen LogP contribution in [0.2, 0.25) is 0 Å². The van der Waals surface area contributed by atoms with Gasteiger partial charge in [0.2, 0.25) is 0 Å². The van der Waals surface area contributed by atoms with Gasteiger partial charge >= 0.3 is 0 Å². The van der Waals surface area contributed by atoms with Crippen molar-refractivity contribution in [1.82, 2.24) is 0 Å². The molecule has 0 spiro atoms. The Hall–Kier alpha value is -1.12. The van der Waals surface area contributed by atoms with E-state index >= 15 is 0 Å². The number of rotatable bonds is 1. The van der Waals surface area contributed by atoms with Crippen LogP contribution in [0, 0.1) is 5.92 Å². The van der Waals surface area contributed by atoms with E-state index in [0.29, 0.717) is 12.2 Å². The molecule has 0 N–H and O–H groups in total. The molecule has 0 unspecified atom stereocenters. The van der Waals surface area contributed by atoms with Gasteiger partial charge < -0.3 is 4.74 Å². The van der Waals surface area contributed by atoms with E-state index in [-0.39, 0.29) is 23.6 Å². The predicted molar refractivity (Wildman–Crippen MR) is 50.6 cm³/mol. The van der Waals surface area contributed by atoms with Crippen LogP contribution in [0.25, 0.3) is 0 Å². The minimum Gasteiger partial charge on any atom is -0.486 e. The SMILES string of the molecule is CC(=O)C1=C(C)O[C@H]2C(=O)CCC[C@H]12. The van der Waals surface area contributed by atoms with Crippen LogP contribution in [0.4, 0.5) is 0 Å². The lowest BCUT2D eigenvalue weighted by molar-refractivity contribution is -0.131. The minimum atomic E-state index is -0.359. The molecule has 1 heterocycles. The molecule has 0 bridgehead atoms. The second kappa shape index (κ2) is 3.23. The summed E-state index contributed by atoms with van der Waals surface area (Å²) in [4.78, 5) is 22.9. The molecule has 1 aliphatic carbocycles. The number of allylic oxidation sites excluding steroid dienone is 1. The first kappa shape index (κ1) is 9.44. The molecule has 2 atom stereocenters. The molecule has 0 aromatic rings. The molecular weight excluding hydrogens is 180 g/mol. The summed E-state index contributed by atoms with van der Waals surface area (Å²) in [6.45, 7) is 3.33. The van der Waals surface area contributed by atoms with Crippen LogP contribution in [-0.2, 0) is 14.3 Å². The van der Waals surface area contributed by atoms with Gasteiger partial charge in [-0.05, 0) is 26.7 Å². The number of carbonyl (C=O) groups is 2. The van der Waals surface area contributed by atoms with Gasteiger partial charge in [0.05, 0.1) is 0 Å². The lowest BCUT2D eigenvalue weighted by Gasteiger charge is -2.23. The number of Topliss-reactive ketones (excluding diaryl/α,β-unsaturated/α-hetero) is 2. The van der Waals surface area contributed by atoms with Crippen molar-refractivity contribution in [3.8, 4) is 0 Å². The molecule has 1 fully saturated rings. The fourth-order valence-electron chi connectivity index (χ4n) is 2.48. The van der Waals surface area contributed by atoms with Gasteiger partial charge in [-0.2, -0.15) is 0 Å². The molecule has 3 nitrogen and oxygen atoms in total. The van der Waals surface area contributed by atoms with E-state index in [0.717, 1.165) is 18.4 Å². The zero-order chi connectivity index (χ0) is 10.3. The average Bonchev–Trinajstić information content (AvgIpc) is 2.42. The second-order valence-corrected chi connectivity index (χ2v) is 4.03. The molecule has 76 valence electrons. The zero-order valence-electron chi connectivity index (χ0n) is 8.50. The lowest BCUT2D eigenvalue weighted by atomic mass is 9.81. The van der Waals surface area contributed by atoms with E-state index in [2.05, 4.69) is 0 Å². The first-order valence-electron chi connectivity index (χ1n) is 5.02. The topological polar surface area (TPSA) is 43.4 Å². The van der Waals surface area contributed by atoms with Gasteiger partial charge in [-0.25, -0.2) is 0 Å². The van der Waals surface area contributed by atoms with Crippen molar-refractivity contribution in [3.05, 3.63) is 11.3 Å². The Morgan fingerprint density at radius 2 is 2.21 bits per heavy atom. The molecule has 0 saturated heterocycles. The number of carbonyl (C=O) groups excluding carboxylic acids is 2. The van der Waals surface area contributed by atoms with Crippen LogP contribution in [0.1, 0.15) is 33.1 Å². The Morgan fingerprint density at radius 3 is 2.86 bits per heavy atom. The molecule has 0 aromatic carbocycles. The maximum Gasteiger partial charge on any atom is 0.173 e. The van der Waals surface area contributed by atoms with Crippen LogP contribution in [0.5, 0.6) is 0 Å². The Labute approximate surface area is 83.1 Å². The van der Waals surface area contributed by atoms with Crippen LogP contribution in [-0.4, -0.2) is 17.7 Å². The molecule has 0 radical (unpaired) electrons. The normalized spacial score (nSPS) is 31.4. The quantitative estimate of drug-likeness (QED) is 0.637. The summed E-state index contributed by atoms with van der Waals surface area (Å²) in [6, 6.07) is 0. The standard InChI is InChI=1S/C11H14O3/c1-6(12)10-7(2)14-11-8(10)4-3-5-9(11)13/h8,11H,3-5H2,1-2H3/t8-,11-/m1/s1. The van der Waals surface area contributed by atoms with E-state index in [1.165, 1.54) is 0 Å². The highest BCUT2D eigenvalue weighted by molar-refractivity contribution is 5.97. The van der Waals surface area contributed by atoms with Crippen LogP contribution >= 0.6 is 0 Å².